The number of nitrogens with two attached hydrogens (primary N) is 1. The van der Waals surface area contributed by atoms with E-state index in [9.17, 15) is 22.8 Å². The second-order valence-corrected chi connectivity index (χ2v) is 8.56. The maximum absolute atomic E-state index is 13.2. The minimum absolute atomic E-state index is 0.0205. The van der Waals surface area contributed by atoms with Crippen molar-refractivity contribution in [2.75, 3.05) is 32.8 Å². The third-order valence-corrected chi connectivity index (χ3v) is 6.65. The normalized spacial score (nSPS) is 24.5. The number of hydrogen-bond donors (Lipinski definition) is 2. The Morgan fingerprint density at radius 3 is 2.56 bits per heavy atom. The first-order chi connectivity index (χ1) is 15.2. The van der Waals surface area contributed by atoms with E-state index in [0.29, 0.717) is 26.3 Å². The summed E-state index contributed by atoms with van der Waals surface area (Å²) in [5, 5.41) is 3.19. The molecule has 4 rings (SSSR count). The molecule has 174 valence electrons. The van der Waals surface area contributed by atoms with Crippen LogP contribution in [-0.4, -0.2) is 66.7 Å². The number of fused-ring (bicyclic) bond motifs is 1. The number of hydrogen-bond acceptors (Lipinski definition) is 4. The molecule has 0 radical (unpaired) electrons. The first-order valence-corrected chi connectivity index (χ1v) is 10.8. The van der Waals surface area contributed by atoms with Gasteiger partial charge in [-0.3, -0.25) is 4.79 Å². The lowest BCUT2D eigenvalue weighted by molar-refractivity contribution is -0.137. The summed E-state index contributed by atoms with van der Waals surface area (Å²) in [6.07, 6.45) is -3.08. The molecule has 3 aliphatic rings. The SMILES string of the molecule is NC(=O)C1C(c2cccc(C(F)(F)F)c2)=C(Cl)N2CCN(C(=O)NC3CCOCC3)CC12. The van der Waals surface area contributed by atoms with Gasteiger partial charge in [0.1, 0.15) is 5.16 Å². The number of nitrogens with one attached hydrogen (secondary N) is 1. The van der Waals surface area contributed by atoms with Gasteiger partial charge < -0.3 is 25.6 Å². The number of carbonyl (C=O) groups excluding carboxylic acids is 2. The van der Waals surface area contributed by atoms with E-state index in [1.807, 2.05) is 0 Å². The largest absolute Gasteiger partial charge is 0.416 e. The summed E-state index contributed by atoms with van der Waals surface area (Å²) in [5.74, 6) is -1.64. The molecule has 3 amide bonds. The average molecular weight is 473 g/mol. The molecule has 2 atom stereocenters. The minimum atomic E-state index is -4.53. The number of halogens is 4. The van der Waals surface area contributed by atoms with E-state index in [1.165, 1.54) is 12.1 Å². The van der Waals surface area contributed by atoms with Gasteiger partial charge in [0.15, 0.2) is 0 Å². The second kappa shape index (κ2) is 8.82. The Morgan fingerprint density at radius 2 is 1.91 bits per heavy atom. The zero-order valence-corrected chi connectivity index (χ0v) is 18.0. The smallest absolute Gasteiger partial charge is 0.381 e. The fraction of sp³-hybridized carbons (Fsp3) is 0.524. The van der Waals surface area contributed by atoms with E-state index < -0.39 is 29.6 Å². The molecule has 0 aromatic heterocycles. The van der Waals surface area contributed by atoms with E-state index in [4.69, 9.17) is 22.1 Å². The Hall–Kier alpha value is -2.46. The van der Waals surface area contributed by atoms with Gasteiger partial charge >= 0.3 is 12.2 Å². The third kappa shape index (κ3) is 4.38. The monoisotopic (exact) mass is 472 g/mol. The van der Waals surface area contributed by atoms with Gasteiger partial charge in [-0.05, 0) is 30.5 Å². The molecule has 0 spiro atoms. The molecule has 32 heavy (non-hydrogen) atoms. The van der Waals surface area contributed by atoms with Gasteiger partial charge in [0.25, 0.3) is 0 Å². The van der Waals surface area contributed by atoms with E-state index in [1.54, 1.807) is 9.80 Å². The molecule has 0 bridgehead atoms. The number of carbonyl (C=O) groups is 2. The quantitative estimate of drug-likeness (QED) is 0.662. The topological polar surface area (TPSA) is 87.9 Å². The lowest BCUT2D eigenvalue weighted by Crippen LogP contribution is -2.58. The molecule has 11 heteroatoms. The maximum Gasteiger partial charge on any atom is 0.416 e. The Morgan fingerprint density at radius 1 is 1.19 bits per heavy atom. The van der Waals surface area contributed by atoms with Gasteiger partial charge in [-0.15, -0.1) is 0 Å². The average Bonchev–Trinajstić information content (AvgIpc) is 3.06. The molecule has 2 fully saturated rings. The van der Waals surface area contributed by atoms with Crippen molar-refractivity contribution in [1.82, 2.24) is 15.1 Å². The lowest BCUT2D eigenvalue weighted by Gasteiger charge is -2.41. The van der Waals surface area contributed by atoms with Gasteiger partial charge in [-0.25, -0.2) is 4.79 Å². The Balaban J connectivity index is 1.57. The van der Waals surface area contributed by atoms with Crippen molar-refractivity contribution in [1.29, 1.82) is 0 Å². The van der Waals surface area contributed by atoms with Gasteiger partial charge in [-0.2, -0.15) is 13.2 Å². The summed E-state index contributed by atoms with van der Waals surface area (Å²) in [4.78, 5) is 28.6. The number of rotatable bonds is 3. The van der Waals surface area contributed by atoms with Crippen LogP contribution in [0.4, 0.5) is 18.0 Å². The summed E-state index contributed by atoms with van der Waals surface area (Å²) >= 11 is 6.56. The van der Waals surface area contributed by atoms with E-state index >= 15 is 0 Å². The van der Waals surface area contributed by atoms with Crippen LogP contribution in [0.5, 0.6) is 0 Å². The van der Waals surface area contributed by atoms with Crippen LogP contribution >= 0.6 is 11.6 Å². The van der Waals surface area contributed by atoms with Gasteiger partial charge in [0, 0.05) is 44.5 Å². The molecule has 0 saturated carbocycles. The summed E-state index contributed by atoms with van der Waals surface area (Å²) in [6, 6.07) is 3.92. The molecule has 2 saturated heterocycles. The summed E-state index contributed by atoms with van der Waals surface area (Å²) in [6.45, 7) is 2.07. The predicted octanol–water partition coefficient (Wildman–Crippen LogP) is 2.60. The van der Waals surface area contributed by atoms with Gasteiger partial charge in [0.2, 0.25) is 5.91 Å². The second-order valence-electron chi connectivity index (χ2n) is 8.21. The van der Waals surface area contributed by atoms with Gasteiger partial charge in [0.05, 0.1) is 17.5 Å². The highest BCUT2D eigenvalue weighted by Crippen LogP contribution is 2.44. The van der Waals surface area contributed by atoms with Crippen LogP contribution in [0.25, 0.3) is 5.57 Å². The highest BCUT2D eigenvalue weighted by atomic mass is 35.5. The van der Waals surface area contributed by atoms with E-state index in [0.717, 1.165) is 25.0 Å². The minimum Gasteiger partial charge on any atom is -0.381 e. The number of benzene rings is 1. The first kappa shape index (κ1) is 22.7. The molecular formula is C21H24ClF3N4O3. The predicted molar refractivity (Wildman–Crippen MR) is 111 cm³/mol. The third-order valence-electron chi connectivity index (χ3n) is 6.23. The highest BCUT2D eigenvalue weighted by molar-refractivity contribution is 6.33. The maximum atomic E-state index is 13.2. The molecule has 1 aromatic carbocycles. The Kier molecular flexibility index (Phi) is 6.26. The van der Waals surface area contributed by atoms with Crippen molar-refractivity contribution in [3.05, 3.63) is 40.5 Å². The fourth-order valence-corrected chi connectivity index (χ4v) is 5.04. The van der Waals surface area contributed by atoms with E-state index in [-0.39, 0.29) is 34.9 Å². The number of amides is 3. The van der Waals surface area contributed by atoms with E-state index in [2.05, 4.69) is 5.32 Å². The first-order valence-electron chi connectivity index (χ1n) is 10.4. The zero-order chi connectivity index (χ0) is 23.0. The number of piperazine rings is 1. The van der Waals surface area contributed by atoms with Crippen LogP contribution in [0, 0.1) is 5.92 Å². The molecule has 3 N–H and O–H groups in total. The fourth-order valence-electron chi connectivity index (χ4n) is 4.60. The summed E-state index contributed by atoms with van der Waals surface area (Å²) in [7, 11) is 0. The molecule has 1 aromatic rings. The van der Waals surface area contributed by atoms with Crippen molar-refractivity contribution < 1.29 is 27.5 Å². The molecule has 3 heterocycles. The summed E-state index contributed by atoms with van der Waals surface area (Å²) in [5.41, 5.74) is 5.30. The van der Waals surface area contributed by atoms with Gasteiger partial charge in [-0.1, -0.05) is 23.7 Å². The number of primary amides is 1. The van der Waals surface area contributed by atoms with Crippen LogP contribution in [0.2, 0.25) is 0 Å². The van der Waals surface area contributed by atoms with Crippen LogP contribution in [0.3, 0.4) is 0 Å². The standard InChI is InChI=1S/C21H24ClF3N4O3/c22-18-16(12-2-1-3-13(10-12)21(23,24)25)17(19(26)30)15-11-28(6-7-29(15)18)20(31)27-14-4-8-32-9-5-14/h1-3,10,14-15,17H,4-9,11H2,(H2,26,30)(H,27,31). The molecule has 2 unspecified atom stereocenters. The molecular weight excluding hydrogens is 449 g/mol. The Labute approximate surface area is 188 Å². The van der Waals surface area contributed by atoms with Crippen molar-refractivity contribution >= 4 is 29.1 Å². The van der Waals surface area contributed by atoms with Crippen LogP contribution in [-0.2, 0) is 15.7 Å². The number of nitrogens with zero attached hydrogens (tertiary/aromatic N) is 2. The van der Waals surface area contributed by atoms with Crippen molar-refractivity contribution in [2.24, 2.45) is 11.7 Å². The number of alkyl halides is 3. The summed E-state index contributed by atoms with van der Waals surface area (Å²) < 4.78 is 45.0. The molecule has 7 nitrogen and oxygen atoms in total. The van der Waals surface area contributed by atoms with Crippen LogP contribution < -0.4 is 11.1 Å². The number of ether oxygens (including phenoxy) is 1. The Bertz CT molecular complexity index is 933. The molecule has 0 aliphatic carbocycles. The molecule has 3 aliphatic heterocycles. The van der Waals surface area contributed by atoms with Crippen molar-refractivity contribution in [3.63, 3.8) is 0 Å². The number of urea groups is 1. The van der Waals surface area contributed by atoms with Crippen LogP contribution in [0.15, 0.2) is 29.4 Å². The van der Waals surface area contributed by atoms with Crippen molar-refractivity contribution in [3.8, 4) is 0 Å². The zero-order valence-electron chi connectivity index (χ0n) is 17.2. The highest BCUT2D eigenvalue weighted by Gasteiger charge is 2.47. The van der Waals surface area contributed by atoms with Crippen molar-refractivity contribution in [2.45, 2.75) is 31.1 Å². The van der Waals surface area contributed by atoms with Crippen LogP contribution in [0.1, 0.15) is 24.0 Å². The lowest BCUT2D eigenvalue weighted by atomic mass is 9.88.